The number of amides is 1. The smallest absolute Gasteiger partial charge is 0.220 e. The van der Waals surface area contributed by atoms with E-state index in [-0.39, 0.29) is 12.5 Å². The normalized spacial score (nSPS) is 21.1. The Labute approximate surface area is 361 Å². The van der Waals surface area contributed by atoms with Crippen LogP contribution in [0, 0.1) is 0 Å². The fraction of sp³-hybridized carbons (Fsp3) is 0.820. The lowest BCUT2D eigenvalue weighted by Crippen LogP contribution is -2.60. The highest BCUT2D eigenvalue weighted by molar-refractivity contribution is 5.76. The van der Waals surface area contributed by atoms with Crippen LogP contribution in [0.15, 0.2) is 48.6 Å². The average molecular weight is 834 g/mol. The number of carbonyl (C=O) groups is 1. The van der Waals surface area contributed by atoms with Crippen molar-refractivity contribution in [2.24, 2.45) is 0 Å². The molecule has 344 valence electrons. The molecule has 1 rings (SSSR count). The number of unbranched alkanes of at least 4 members (excludes halogenated alkanes) is 22. The maximum atomic E-state index is 13.0. The Morgan fingerprint density at radius 1 is 0.593 bits per heavy atom. The van der Waals surface area contributed by atoms with Gasteiger partial charge in [-0.25, -0.2) is 0 Å². The molecule has 0 aromatic carbocycles. The van der Waals surface area contributed by atoms with Crippen LogP contribution in [0.2, 0.25) is 0 Å². The van der Waals surface area contributed by atoms with Crippen molar-refractivity contribution in [1.82, 2.24) is 5.32 Å². The highest BCUT2D eigenvalue weighted by Gasteiger charge is 2.44. The number of allylic oxidation sites excluding steroid dienone is 8. The lowest BCUT2D eigenvalue weighted by molar-refractivity contribution is -0.302. The first-order valence-electron chi connectivity index (χ1n) is 24.3. The molecule has 0 spiro atoms. The quantitative estimate of drug-likeness (QED) is 0.0264. The summed E-state index contributed by atoms with van der Waals surface area (Å²) in [6.45, 7) is 3.70. The Morgan fingerprint density at radius 3 is 1.53 bits per heavy atom. The van der Waals surface area contributed by atoms with Crippen molar-refractivity contribution in [2.75, 3.05) is 13.2 Å². The summed E-state index contributed by atoms with van der Waals surface area (Å²) in [6, 6.07) is -0.741. The second-order valence-electron chi connectivity index (χ2n) is 16.9. The van der Waals surface area contributed by atoms with Gasteiger partial charge in [0, 0.05) is 6.42 Å². The molecule has 0 bridgehead atoms. The lowest BCUT2D eigenvalue weighted by atomic mass is 9.99. The van der Waals surface area contributed by atoms with E-state index in [0.29, 0.717) is 19.3 Å². The van der Waals surface area contributed by atoms with Gasteiger partial charge >= 0.3 is 0 Å². The van der Waals surface area contributed by atoms with E-state index < -0.39 is 49.5 Å². The molecule has 1 saturated heterocycles. The highest BCUT2D eigenvalue weighted by Crippen LogP contribution is 2.23. The maximum Gasteiger partial charge on any atom is 0.220 e. The van der Waals surface area contributed by atoms with Gasteiger partial charge in [0.2, 0.25) is 5.91 Å². The molecule has 1 fully saturated rings. The molecule has 6 N–H and O–H groups in total. The fourth-order valence-corrected chi connectivity index (χ4v) is 7.56. The van der Waals surface area contributed by atoms with Gasteiger partial charge < -0.3 is 40.3 Å². The van der Waals surface area contributed by atoms with Crippen molar-refractivity contribution >= 4 is 5.91 Å². The van der Waals surface area contributed by atoms with Crippen LogP contribution in [0.3, 0.4) is 0 Å². The molecule has 0 aliphatic carbocycles. The molecular weight excluding hydrogens is 743 g/mol. The summed E-state index contributed by atoms with van der Waals surface area (Å²) in [7, 11) is 0. The van der Waals surface area contributed by atoms with Crippen molar-refractivity contribution < 1.29 is 39.8 Å². The minimum atomic E-state index is -1.56. The molecule has 59 heavy (non-hydrogen) atoms. The number of aliphatic hydroxyl groups excluding tert-OH is 5. The van der Waals surface area contributed by atoms with E-state index in [2.05, 4.69) is 67.8 Å². The van der Waals surface area contributed by atoms with Gasteiger partial charge in [0.05, 0.1) is 25.4 Å². The molecule has 0 radical (unpaired) electrons. The van der Waals surface area contributed by atoms with Crippen molar-refractivity contribution in [3.05, 3.63) is 48.6 Å². The zero-order valence-corrected chi connectivity index (χ0v) is 37.7. The van der Waals surface area contributed by atoms with Crippen molar-refractivity contribution in [3.63, 3.8) is 0 Å². The van der Waals surface area contributed by atoms with Gasteiger partial charge in [0.25, 0.3) is 0 Å². The second-order valence-corrected chi connectivity index (χ2v) is 16.9. The second kappa shape index (κ2) is 40.2. The van der Waals surface area contributed by atoms with Crippen LogP contribution in [-0.2, 0) is 14.3 Å². The van der Waals surface area contributed by atoms with Crippen molar-refractivity contribution in [2.45, 2.75) is 249 Å². The van der Waals surface area contributed by atoms with E-state index in [9.17, 15) is 30.3 Å². The minimum absolute atomic E-state index is 0.156. The summed E-state index contributed by atoms with van der Waals surface area (Å²) < 4.78 is 11.3. The summed E-state index contributed by atoms with van der Waals surface area (Å²) in [5.74, 6) is -0.185. The Hall–Kier alpha value is -1.85. The number of ether oxygens (including phenoxy) is 2. The van der Waals surface area contributed by atoms with E-state index in [1.165, 1.54) is 116 Å². The van der Waals surface area contributed by atoms with Crippen LogP contribution in [-0.4, -0.2) is 87.5 Å². The van der Waals surface area contributed by atoms with Gasteiger partial charge in [-0.2, -0.15) is 0 Å². The Kier molecular flexibility index (Phi) is 37.6. The molecule has 0 saturated carbocycles. The predicted octanol–water partition coefficient (Wildman–Crippen LogP) is 10.6. The first-order chi connectivity index (χ1) is 28.8. The largest absolute Gasteiger partial charge is 0.394 e. The first-order valence-corrected chi connectivity index (χ1v) is 24.3. The molecule has 9 nitrogen and oxygen atoms in total. The van der Waals surface area contributed by atoms with Crippen LogP contribution in [0.25, 0.3) is 0 Å². The van der Waals surface area contributed by atoms with Crippen LogP contribution >= 0.6 is 0 Å². The number of hydrogen-bond acceptors (Lipinski definition) is 8. The molecule has 1 amide bonds. The summed E-state index contributed by atoms with van der Waals surface area (Å²) >= 11 is 0. The van der Waals surface area contributed by atoms with E-state index >= 15 is 0 Å². The third-order valence-electron chi connectivity index (χ3n) is 11.4. The van der Waals surface area contributed by atoms with Crippen LogP contribution in [0.4, 0.5) is 0 Å². The van der Waals surface area contributed by atoms with Crippen LogP contribution < -0.4 is 5.32 Å². The molecule has 1 aliphatic heterocycles. The third-order valence-corrected chi connectivity index (χ3v) is 11.4. The van der Waals surface area contributed by atoms with Gasteiger partial charge in [-0.05, 0) is 51.4 Å². The number of hydrogen-bond donors (Lipinski definition) is 6. The van der Waals surface area contributed by atoms with E-state index in [4.69, 9.17) is 9.47 Å². The molecular formula is C50H91NO8. The fourth-order valence-electron chi connectivity index (χ4n) is 7.56. The van der Waals surface area contributed by atoms with Crippen LogP contribution in [0.5, 0.6) is 0 Å². The SMILES string of the molecule is CC/C=C\C/C=C\C/C=C\C/C=C\CCCCC(=O)NC(COC1OC(CO)C(O)C(O)C1O)C(O)CCCCCCCCCCCCCCCCCCCCCCC. The molecule has 7 unspecified atom stereocenters. The summed E-state index contributed by atoms with van der Waals surface area (Å²) in [6.07, 6.45) is 44.1. The average Bonchev–Trinajstić information content (AvgIpc) is 3.23. The molecule has 0 aromatic rings. The van der Waals surface area contributed by atoms with Crippen molar-refractivity contribution in [1.29, 1.82) is 0 Å². The van der Waals surface area contributed by atoms with Gasteiger partial charge in [-0.3, -0.25) is 4.79 Å². The van der Waals surface area contributed by atoms with E-state index in [1.54, 1.807) is 0 Å². The number of carbonyl (C=O) groups excluding carboxylic acids is 1. The molecule has 7 atom stereocenters. The van der Waals surface area contributed by atoms with Crippen LogP contribution in [0.1, 0.15) is 206 Å². The monoisotopic (exact) mass is 834 g/mol. The summed E-state index contributed by atoms with van der Waals surface area (Å²) in [4.78, 5) is 13.0. The van der Waals surface area contributed by atoms with Gasteiger partial charge in [0.15, 0.2) is 6.29 Å². The Bertz CT molecular complexity index is 1060. The predicted molar refractivity (Wildman–Crippen MR) is 244 cm³/mol. The Balaban J connectivity index is 2.31. The highest BCUT2D eigenvalue weighted by atomic mass is 16.7. The van der Waals surface area contributed by atoms with Gasteiger partial charge in [-0.1, -0.05) is 197 Å². The summed E-state index contributed by atoms with van der Waals surface area (Å²) in [5, 5.41) is 54.4. The third kappa shape index (κ3) is 30.8. The van der Waals surface area contributed by atoms with E-state index in [0.717, 1.165) is 57.8 Å². The number of nitrogens with one attached hydrogen (secondary N) is 1. The van der Waals surface area contributed by atoms with Gasteiger partial charge in [-0.15, -0.1) is 0 Å². The molecule has 9 heteroatoms. The topological polar surface area (TPSA) is 149 Å². The first kappa shape index (κ1) is 55.2. The molecule has 0 aromatic heterocycles. The number of rotatable bonds is 40. The van der Waals surface area contributed by atoms with Crippen molar-refractivity contribution in [3.8, 4) is 0 Å². The number of aliphatic hydroxyl groups is 5. The minimum Gasteiger partial charge on any atom is -0.394 e. The maximum absolute atomic E-state index is 13.0. The molecule has 1 heterocycles. The van der Waals surface area contributed by atoms with E-state index in [1.807, 2.05) is 0 Å². The molecule has 1 aliphatic rings. The zero-order valence-electron chi connectivity index (χ0n) is 37.7. The standard InChI is InChI=1S/C50H91NO8/c1-3-5-7-9-11-13-15-17-19-20-21-22-23-24-26-27-29-31-33-35-37-39-44(53)43(42-58-50-49(57)48(56)47(55)45(41-52)59-50)51-46(54)40-38-36-34-32-30-28-25-18-16-14-12-10-8-6-4-2/h6,8,12,14,18,25,30,32,43-45,47-50,52-53,55-57H,3-5,7,9-11,13,15-17,19-24,26-29,31,33-42H2,1-2H3,(H,51,54)/b8-6-,14-12-,25-18-,32-30-. The Morgan fingerprint density at radius 2 is 1.05 bits per heavy atom. The van der Waals surface area contributed by atoms with Gasteiger partial charge in [0.1, 0.15) is 24.4 Å². The lowest BCUT2D eigenvalue weighted by Gasteiger charge is -2.40. The summed E-state index contributed by atoms with van der Waals surface area (Å²) in [5.41, 5.74) is 0. The zero-order chi connectivity index (χ0) is 43.0.